The molecule has 0 aliphatic carbocycles. The number of aromatic nitrogens is 1. The van der Waals surface area contributed by atoms with Crippen LogP contribution in [0.4, 0.5) is 5.82 Å². The van der Waals surface area contributed by atoms with Crippen molar-refractivity contribution in [3.63, 3.8) is 0 Å². The van der Waals surface area contributed by atoms with Crippen molar-refractivity contribution in [2.75, 3.05) is 52.7 Å². The number of pyridine rings is 1. The quantitative estimate of drug-likeness (QED) is 0.479. The molecule has 0 spiro atoms. The zero-order valence-electron chi connectivity index (χ0n) is 19.8. The Morgan fingerprint density at radius 3 is 2.41 bits per heavy atom. The molecule has 0 unspecified atom stereocenters. The normalized spacial score (nSPS) is 17.9. The number of nitrogens with one attached hydrogen (secondary N) is 1. The maximum absolute atomic E-state index is 12.8. The van der Waals surface area contributed by atoms with Crippen LogP contribution < -0.4 is 15.8 Å². The van der Waals surface area contributed by atoms with E-state index < -0.39 is 0 Å². The summed E-state index contributed by atoms with van der Waals surface area (Å²) in [6, 6.07) is 1.73. The molecule has 1 aromatic rings. The van der Waals surface area contributed by atoms with Crippen LogP contribution in [-0.4, -0.2) is 85.6 Å². The average Bonchev–Trinajstić information content (AvgIpc) is 2.85. The molecule has 3 N–H and O–H groups in total. The van der Waals surface area contributed by atoms with Crippen LogP contribution in [0, 0.1) is 5.92 Å². The van der Waals surface area contributed by atoms with Gasteiger partial charge in [-0.3, -0.25) is 14.4 Å². The number of carbonyl (C=O) groups is 3. The second-order valence-electron chi connectivity index (χ2n) is 8.86. The molecule has 2 aliphatic heterocycles. The lowest BCUT2D eigenvalue weighted by atomic mass is 9.94. The molecule has 11 heteroatoms. The summed E-state index contributed by atoms with van der Waals surface area (Å²) in [5.74, 6) is 0.509. The Morgan fingerprint density at radius 1 is 1.12 bits per heavy atom. The van der Waals surface area contributed by atoms with Gasteiger partial charge in [0.1, 0.15) is 11.4 Å². The smallest absolute Gasteiger partial charge is 0.306 e. The van der Waals surface area contributed by atoms with Crippen LogP contribution in [0.1, 0.15) is 48.9 Å². The molecular weight excluding hydrogens is 506 g/mol. The summed E-state index contributed by atoms with van der Waals surface area (Å²) in [6.07, 6.45) is 4.05. The van der Waals surface area contributed by atoms with Crippen molar-refractivity contribution in [2.24, 2.45) is 5.92 Å². The minimum absolute atomic E-state index is 0.0281. The van der Waals surface area contributed by atoms with Gasteiger partial charge in [0.2, 0.25) is 11.8 Å². The number of hydrogen-bond donors (Lipinski definition) is 2. The number of ether oxygens (including phenoxy) is 2. The van der Waals surface area contributed by atoms with E-state index in [1.807, 2.05) is 4.90 Å². The highest BCUT2D eigenvalue weighted by Crippen LogP contribution is 2.26. The lowest BCUT2D eigenvalue weighted by Crippen LogP contribution is -2.47. The van der Waals surface area contributed by atoms with Gasteiger partial charge in [0.25, 0.3) is 5.91 Å². The first-order valence-corrected chi connectivity index (χ1v) is 12.5. The van der Waals surface area contributed by atoms with Crippen molar-refractivity contribution < 1.29 is 23.9 Å². The fourth-order valence-corrected chi connectivity index (χ4v) is 4.84. The second kappa shape index (κ2) is 12.3. The molecule has 3 heterocycles. The van der Waals surface area contributed by atoms with Crippen molar-refractivity contribution >= 4 is 39.5 Å². The highest BCUT2D eigenvalue weighted by atomic mass is 79.9. The number of methoxy groups -OCH3 is 2. The average molecular weight is 540 g/mol. The molecule has 2 saturated heterocycles. The summed E-state index contributed by atoms with van der Waals surface area (Å²) in [7, 11) is 2.80. The largest absolute Gasteiger partial charge is 0.480 e. The highest BCUT2D eigenvalue weighted by Gasteiger charge is 2.28. The number of anilines is 1. The minimum Gasteiger partial charge on any atom is -0.480 e. The molecule has 1 aromatic heterocycles. The molecular formula is C23H34BrN5O5. The van der Waals surface area contributed by atoms with E-state index in [-0.39, 0.29) is 48.4 Å². The predicted octanol–water partition coefficient (Wildman–Crippen LogP) is 1.82. The lowest BCUT2D eigenvalue weighted by molar-refractivity contribution is -0.144. The van der Waals surface area contributed by atoms with Crippen LogP contribution in [0.25, 0.3) is 0 Å². The summed E-state index contributed by atoms with van der Waals surface area (Å²) in [4.78, 5) is 44.7. The van der Waals surface area contributed by atoms with Gasteiger partial charge in [-0.25, -0.2) is 0 Å². The molecule has 0 aromatic carbocycles. The number of esters is 1. The second-order valence-corrected chi connectivity index (χ2v) is 9.72. The van der Waals surface area contributed by atoms with E-state index in [1.54, 1.807) is 6.07 Å². The van der Waals surface area contributed by atoms with Crippen molar-refractivity contribution in [2.45, 2.75) is 44.6 Å². The molecule has 3 rings (SSSR count). The standard InChI is InChI=1S/C23H34BrN5O5/c1-33-20(31)4-3-19(30)29-11-5-15(6-12-29)14-28-9-7-16(8-10-28)26-22(32)17-13-18(24)21(25)27-23(17)34-2/h13,15-16H,3-12,14H2,1-2H3,(H2,25,27)(H,26,32). The number of rotatable bonds is 8. The molecule has 2 aliphatic rings. The summed E-state index contributed by atoms with van der Waals surface area (Å²) >= 11 is 3.32. The van der Waals surface area contributed by atoms with E-state index in [2.05, 4.69) is 35.9 Å². The third-order valence-electron chi connectivity index (χ3n) is 6.58. The van der Waals surface area contributed by atoms with Gasteiger partial charge >= 0.3 is 5.97 Å². The maximum Gasteiger partial charge on any atom is 0.306 e. The Kier molecular flexibility index (Phi) is 9.52. The van der Waals surface area contributed by atoms with Gasteiger partial charge in [-0.05, 0) is 53.6 Å². The van der Waals surface area contributed by atoms with E-state index in [0.717, 1.165) is 58.4 Å². The first-order valence-electron chi connectivity index (χ1n) is 11.7. The van der Waals surface area contributed by atoms with Crippen LogP contribution in [0.5, 0.6) is 5.88 Å². The zero-order valence-corrected chi connectivity index (χ0v) is 21.4. The van der Waals surface area contributed by atoms with Crippen LogP contribution >= 0.6 is 15.9 Å². The van der Waals surface area contributed by atoms with Gasteiger partial charge in [0.15, 0.2) is 0 Å². The highest BCUT2D eigenvalue weighted by molar-refractivity contribution is 9.10. The van der Waals surface area contributed by atoms with E-state index in [9.17, 15) is 14.4 Å². The van der Waals surface area contributed by atoms with Crippen LogP contribution in [-0.2, 0) is 14.3 Å². The van der Waals surface area contributed by atoms with E-state index in [4.69, 9.17) is 10.5 Å². The van der Waals surface area contributed by atoms with Crippen molar-refractivity contribution in [3.05, 3.63) is 16.1 Å². The minimum atomic E-state index is -0.347. The molecule has 188 valence electrons. The molecule has 0 atom stereocenters. The number of nitrogens with two attached hydrogens (primary N) is 1. The van der Waals surface area contributed by atoms with E-state index >= 15 is 0 Å². The first-order chi connectivity index (χ1) is 16.3. The zero-order chi connectivity index (χ0) is 24.7. The van der Waals surface area contributed by atoms with E-state index in [0.29, 0.717) is 16.0 Å². The summed E-state index contributed by atoms with van der Waals surface area (Å²) in [5.41, 5.74) is 6.14. The Balaban J connectivity index is 1.39. The maximum atomic E-state index is 12.8. The van der Waals surface area contributed by atoms with Gasteiger partial charge in [0.05, 0.1) is 25.1 Å². The Morgan fingerprint density at radius 2 is 1.79 bits per heavy atom. The molecule has 2 amide bonds. The van der Waals surface area contributed by atoms with Crippen molar-refractivity contribution in [1.82, 2.24) is 20.1 Å². The molecule has 0 radical (unpaired) electrons. The Hall–Kier alpha value is -2.40. The predicted molar refractivity (Wildman–Crippen MR) is 130 cm³/mol. The number of amides is 2. The number of nitrogen functional groups attached to an aromatic ring is 1. The Labute approximate surface area is 208 Å². The lowest BCUT2D eigenvalue weighted by Gasteiger charge is -2.38. The number of piperidine rings is 2. The third kappa shape index (κ3) is 7.05. The van der Waals surface area contributed by atoms with Gasteiger partial charge in [-0.2, -0.15) is 4.98 Å². The topological polar surface area (TPSA) is 127 Å². The van der Waals surface area contributed by atoms with Crippen LogP contribution in [0.15, 0.2) is 10.5 Å². The van der Waals surface area contributed by atoms with E-state index in [1.165, 1.54) is 14.2 Å². The molecule has 0 saturated carbocycles. The van der Waals surface area contributed by atoms with Gasteiger partial charge in [0, 0.05) is 45.2 Å². The summed E-state index contributed by atoms with van der Waals surface area (Å²) in [5, 5.41) is 3.10. The first kappa shape index (κ1) is 26.2. The number of likely N-dealkylation sites (tertiary alicyclic amines) is 2. The van der Waals surface area contributed by atoms with Crippen LogP contribution in [0.3, 0.4) is 0 Å². The molecule has 2 fully saturated rings. The summed E-state index contributed by atoms with van der Waals surface area (Å²) in [6.45, 7) is 4.33. The fraction of sp³-hybridized carbons (Fsp3) is 0.652. The van der Waals surface area contributed by atoms with Crippen molar-refractivity contribution in [1.29, 1.82) is 0 Å². The van der Waals surface area contributed by atoms with Gasteiger partial charge in [-0.15, -0.1) is 0 Å². The molecule has 34 heavy (non-hydrogen) atoms. The number of hydrogen-bond acceptors (Lipinski definition) is 8. The SMILES string of the molecule is COC(=O)CCC(=O)N1CCC(CN2CCC(NC(=O)c3cc(Br)c(N)nc3OC)CC2)CC1. The number of nitrogens with zero attached hydrogens (tertiary/aromatic N) is 3. The number of carbonyl (C=O) groups excluding carboxylic acids is 3. The fourth-order valence-electron chi connectivity index (χ4n) is 4.53. The Bertz CT molecular complexity index is 883. The van der Waals surface area contributed by atoms with Gasteiger partial charge < -0.3 is 30.3 Å². The monoisotopic (exact) mass is 539 g/mol. The molecule has 0 bridgehead atoms. The summed E-state index contributed by atoms with van der Waals surface area (Å²) < 4.78 is 10.4. The molecule has 10 nitrogen and oxygen atoms in total. The third-order valence-corrected chi connectivity index (χ3v) is 7.22. The number of halogens is 1. The van der Waals surface area contributed by atoms with Crippen molar-refractivity contribution in [3.8, 4) is 5.88 Å². The van der Waals surface area contributed by atoms with Crippen LogP contribution in [0.2, 0.25) is 0 Å². The van der Waals surface area contributed by atoms with Gasteiger partial charge in [-0.1, -0.05) is 0 Å².